The van der Waals surface area contributed by atoms with Gasteiger partial charge in [0.25, 0.3) is 0 Å². The largest absolute Gasteiger partial charge is 0.313 e. The first kappa shape index (κ1) is 16.2. The highest BCUT2D eigenvalue weighted by molar-refractivity contribution is 4.90. The average Bonchev–Trinajstić information content (AvgIpc) is 2.47. The molecule has 2 rings (SSSR count). The van der Waals surface area contributed by atoms with Crippen molar-refractivity contribution in [1.82, 2.24) is 20.0 Å². The van der Waals surface area contributed by atoms with Gasteiger partial charge < -0.3 is 10.2 Å². The molecule has 1 aliphatic carbocycles. The van der Waals surface area contributed by atoms with Gasteiger partial charge in [-0.1, -0.05) is 19.8 Å². The van der Waals surface area contributed by atoms with E-state index in [1.54, 1.807) is 0 Å². The van der Waals surface area contributed by atoms with E-state index in [2.05, 4.69) is 41.0 Å². The van der Waals surface area contributed by atoms with Crippen molar-refractivity contribution in [3.8, 4) is 0 Å². The van der Waals surface area contributed by atoms with E-state index in [0.29, 0.717) is 0 Å². The van der Waals surface area contributed by atoms with Crippen LogP contribution in [0.5, 0.6) is 0 Å². The maximum absolute atomic E-state index is 3.72. The zero-order valence-corrected chi connectivity index (χ0v) is 13.8. The fourth-order valence-corrected chi connectivity index (χ4v) is 3.71. The number of nitrogens with zero attached hydrogens (tertiary/aromatic N) is 3. The molecule has 118 valence electrons. The van der Waals surface area contributed by atoms with E-state index in [9.17, 15) is 0 Å². The summed E-state index contributed by atoms with van der Waals surface area (Å²) in [5.41, 5.74) is 0. The minimum Gasteiger partial charge on any atom is -0.313 e. The van der Waals surface area contributed by atoms with Gasteiger partial charge >= 0.3 is 0 Å². The minimum atomic E-state index is 0.738. The highest BCUT2D eigenvalue weighted by Gasteiger charge is 2.31. The van der Waals surface area contributed by atoms with E-state index in [1.807, 2.05) is 0 Å². The van der Waals surface area contributed by atoms with E-state index < -0.39 is 0 Å². The first-order valence-electron chi connectivity index (χ1n) is 8.55. The summed E-state index contributed by atoms with van der Waals surface area (Å²) in [7, 11) is 4.33. The molecule has 1 saturated carbocycles. The van der Waals surface area contributed by atoms with Crippen LogP contribution in [-0.4, -0.2) is 86.7 Å². The number of rotatable bonds is 6. The van der Waals surface area contributed by atoms with E-state index in [-0.39, 0.29) is 0 Å². The molecule has 0 aromatic rings. The molecule has 1 N–H and O–H groups in total. The van der Waals surface area contributed by atoms with Crippen LogP contribution in [0.4, 0.5) is 0 Å². The van der Waals surface area contributed by atoms with Gasteiger partial charge in [-0.15, -0.1) is 0 Å². The molecule has 1 aliphatic heterocycles. The summed E-state index contributed by atoms with van der Waals surface area (Å²) in [5.74, 6) is 0. The SMILES string of the molecule is CCNC1CCCCC1N1CCN(CCN(C)C)CC1. The molecule has 0 aromatic heterocycles. The summed E-state index contributed by atoms with van der Waals surface area (Å²) in [6, 6.07) is 1.53. The Morgan fingerprint density at radius 2 is 1.75 bits per heavy atom. The lowest BCUT2D eigenvalue weighted by molar-refractivity contribution is 0.0594. The molecule has 0 spiro atoms. The molecule has 2 fully saturated rings. The maximum Gasteiger partial charge on any atom is 0.0250 e. The van der Waals surface area contributed by atoms with Gasteiger partial charge in [-0.3, -0.25) is 9.80 Å². The van der Waals surface area contributed by atoms with Crippen molar-refractivity contribution in [3.63, 3.8) is 0 Å². The van der Waals surface area contributed by atoms with Gasteiger partial charge in [0.05, 0.1) is 0 Å². The fourth-order valence-electron chi connectivity index (χ4n) is 3.71. The quantitative estimate of drug-likeness (QED) is 0.787. The van der Waals surface area contributed by atoms with Crippen molar-refractivity contribution in [1.29, 1.82) is 0 Å². The Kier molecular flexibility index (Phi) is 6.75. The zero-order chi connectivity index (χ0) is 14.4. The van der Waals surface area contributed by atoms with Gasteiger partial charge in [-0.25, -0.2) is 0 Å². The van der Waals surface area contributed by atoms with Crippen LogP contribution in [0.15, 0.2) is 0 Å². The Bertz CT molecular complexity index is 259. The van der Waals surface area contributed by atoms with E-state index in [0.717, 1.165) is 18.6 Å². The Hall–Kier alpha value is -0.160. The maximum atomic E-state index is 3.72. The summed E-state index contributed by atoms with van der Waals surface area (Å²) in [6.45, 7) is 10.8. The molecule has 1 heterocycles. The van der Waals surface area contributed by atoms with Crippen LogP contribution in [0.3, 0.4) is 0 Å². The van der Waals surface area contributed by atoms with Crippen LogP contribution in [0.1, 0.15) is 32.6 Å². The van der Waals surface area contributed by atoms with Gasteiger partial charge in [-0.2, -0.15) is 0 Å². The van der Waals surface area contributed by atoms with Crippen molar-refractivity contribution >= 4 is 0 Å². The predicted molar refractivity (Wildman–Crippen MR) is 86.3 cm³/mol. The molecular formula is C16H34N4. The lowest BCUT2D eigenvalue weighted by Crippen LogP contribution is -2.57. The lowest BCUT2D eigenvalue weighted by atomic mass is 9.88. The molecule has 2 unspecified atom stereocenters. The van der Waals surface area contributed by atoms with Crippen molar-refractivity contribution < 1.29 is 0 Å². The number of piperazine rings is 1. The van der Waals surface area contributed by atoms with Crippen molar-refractivity contribution in [2.45, 2.75) is 44.7 Å². The first-order chi connectivity index (χ1) is 9.70. The summed E-state index contributed by atoms with van der Waals surface area (Å²) < 4.78 is 0. The molecule has 2 atom stereocenters. The van der Waals surface area contributed by atoms with E-state index in [4.69, 9.17) is 0 Å². The molecule has 4 heteroatoms. The van der Waals surface area contributed by atoms with Gasteiger partial charge in [0.1, 0.15) is 0 Å². The summed E-state index contributed by atoms with van der Waals surface area (Å²) >= 11 is 0. The Labute approximate surface area is 125 Å². The van der Waals surface area contributed by atoms with Gasteiger partial charge in [0.15, 0.2) is 0 Å². The highest BCUT2D eigenvalue weighted by atomic mass is 15.3. The van der Waals surface area contributed by atoms with Crippen LogP contribution in [0.2, 0.25) is 0 Å². The van der Waals surface area contributed by atoms with Crippen LogP contribution < -0.4 is 5.32 Å². The molecule has 4 nitrogen and oxygen atoms in total. The Morgan fingerprint density at radius 1 is 1.05 bits per heavy atom. The van der Waals surface area contributed by atoms with Crippen LogP contribution in [0, 0.1) is 0 Å². The molecule has 0 aromatic carbocycles. The Morgan fingerprint density at radius 3 is 2.40 bits per heavy atom. The van der Waals surface area contributed by atoms with Crippen molar-refractivity contribution in [2.75, 3.05) is 59.9 Å². The average molecular weight is 282 g/mol. The summed E-state index contributed by atoms with van der Waals surface area (Å²) in [5, 5.41) is 3.72. The number of hydrogen-bond acceptors (Lipinski definition) is 4. The second-order valence-electron chi connectivity index (χ2n) is 6.70. The second-order valence-corrected chi connectivity index (χ2v) is 6.70. The van der Waals surface area contributed by atoms with Crippen LogP contribution >= 0.6 is 0 Å². The topological polar surface area (TPSA) is 21.8 Å². The van der Waals surface area contributed by atoms with E-state index in [1.165, 1.54) is 65.0 Å². The molecule has 0 bridgehead atoms. The van der Waals surface area contributed by atoms with Gasteiger partial charge in [0, 0.05) is 51.4 Å². The molecule has 0 amide bonds. The zero-order valence-electron chi connectivity index (χ0n) is 13.8. The number of hydrogen-bond donors (Lipinski definition) is 1. The second kappa shape index (κ2) is 8.32. The normalized spacial score (nSPS) is 30.0. The first-order valence-corrected chi connectivity index (χ1v) is 8.55. The standard InChI is InChI=1S/C16H34N4/c1-4-17-15-7-5-6-8-16(15)20-13-11-19(12-14-20)10-9-18(2)3/h15-17H,4-14H2,1-3H3. The van der Waals surface area contributed by atoms with Crippen LogP contribution in [-0.2, 0) is 0 Å². The molecule has 1 saturated heterocycles. The third-order valence-electron chi connectivity index (χ3n) is 4.94. The third-order valence-corrected chi connectivity index (χ3v) is 4.94. The van der Waals surface area contributed by atoms with Crippen LogP contribution in [0.25, 0.3) is 0 Å². The number of likely N-dealkylation sites (N-methyl/N-ethyl adjacent to an activating group) is 2. The minimum absolute atomic E-state index is 0.738. The number of nitrogens with one attached hydrogen (secondary N) is 1. The summed E-state index contributed by atoms with van der Waals surface area (Å²) in [4.78, 5) is 7.68. The molecular weight excluding hydrogens is 248 g/mol. The summed E-state index contributed by atoms with van der Waals surface area (Å²) in [6.07, 6.45) is 5.61. The van der Waals surface area contributed by atoms with Crippen molar-refractivity contribution in [3.05, 3.63) is 0 Å². The molecule has 2 aliphatic rings. The predicted octanol–water partition coefficient (Wildman–Crippen LogP) is 1.09. The van der Waals surface area contributed by atoms with Crippen molar-refractivity contribution in [2.24, 2.45) is 0 Å². The van der Waals surface area contributed by atoms with Gasteiger partial charge in [-0.05, 0) is 33.5 Å². The fraction of sp³-hybridized carbons (Fsp3) is 1.00. The Balaban J connectivity index is 1.76. The third kappa shape index (κ3) is 4.69. The van der Waals surface area contributed by atoms with E-state index >= 15 is 0 Å². The lowest BCUT2D eigenvalue weighted by Gasteiger charge is -2.44. The molecule has 0 radical (unpaired) electrons. The van der Waals surface area contributed by atoms with Gasteiger partial charge in [0.2, 0.25) is 0 Å². The monoisotopic (exact) mass is 282 g/mol. The smallest absolute Gasteiger partial charge is 0.0250 e. The molecule has 20 heavy (non-hydrogen) atoms. The highest BCUT2D eigenvalue weighted by Crippen LogP contribution is 2.24.